The van der Waals surface area contributed by atoms with Crippen molar-refractivity contribution < 1.29 is 9.53 Å². The number of rotatable bonds is 4. The molecule has 1 aliphatic rings. The average Bonchev–Trinajstić information content (AvgIpc) is 2.25. The van der Waals surface area contributed by atoms with Crippen LogP contribution in [0, 0.1) is 5.41 Å². The summed E-state index contributed by atoms with van der Waals surface area (Å²) in [5.41, 5.74) is 1.42. The maximum atomic E-state index is 10.2. The van der Waals surface area contributed by atoms with Gasteiger partial charge in [-0.2, -0.15) is 0 Å². The lowest BCUT2D eigenvalue weighted by atomic mass is 9.95. The summed E-state index contributed by atoms with van der Waals surface area (Å²) in [6.07, 6.45) is 1.84. The van der Waals surface area contributed by atoms with Crippen molar-refractivity contribution in [2.24, 2.45) is 5.41 Å². The van der Waals surface area contributed by atoms with Crippen LogP contribution >= 0.6 is 0 Å². The Labute approximate surface area is 138 Å². The summed E-state index contributed by atoms with van der Waals surface area (Å²) in [6.45, 7) is 21.6. The fourth-order valence-electron chi connectivity index (χ4n) is 3.52. The van der Waals surface area contributed by atoms with E-state index in [0.717, 1.165) is 18.2 Å². The Morgan fingerprint density at radius 1 is 1.23 bits per heavy atom. The van der Waals surface area contributed by atoms with E-state index in [-0.39, 0.29) is 17.7 Å². The van der Waals surface area contributed by atoms with E-state index in [0.29, 0.717) is 12.0 Å². The third-order valence-electron chi connectivity index (χ3n) is 4.21. The third-order valence-corrected chi connectivity index (χ3v) is 7.07. The molecule has 130 valence electrons. The molecule has 0 aromatic carbocycles. The van der Waals surface area contributed by atoms with Crippen LogP contribution in [-0.2, 0) is 4.43 Å². The Bertz CT molecular complexity index is 404. The van der Waals surface area contributed by atoms with E-state index in [1.165, 1.54) is 0 Å². The van der Waals surface area contributed by atoms with Crippen LogP contribution in [0.1, 0.15) is 48.5 Å². The Morgan fingerprint density at radius 2 is 1.77 bits per heavy atom. The van der Waals surface area contributed by atoms with Gasteiger partial charge in [0.2, 0.25) is 0 Å². The molecule has 0 radical (unpaired) electrons. The van der Waals surface area contributed by atoms with Crippen molar-refractivity contribution in [2.45, 2.75) is 85.3 Å². The molecule has 3 nitrogen and oxygen atoms in total. The normalized spacial score (nSPS) is 25.3. The summed E-state index contributed by atoms with van der Waals surface area (Å²) in [5, 5.41) is 10.2. The molecular weight excluding hydrogens is 290 g/mol. The van der Waals surface area contributed by atoms with Crippen LogP contribution in [0.3, 0.4) is 0 Å². The Kier molecular flexibility index (Phi) is 6.11. The quantitative estimate of drug-likeness (QED) is 0.625. The molecule has 4 heteroatoms. The predicted molar refractivity (Wildman–Crippen MR) is 97.7 cm³/mol. The highest BCUT2D eigenvalue weighted by Crippen LogP contribution is 2.30. The fourth-order valence-corrected chi connectivity index (χ4v) is 6.80. The average molecular weight is 328 g/mol. The summed E-state index contributed by atoms with van der Waals surface area (Å²) in [5.74, 6) is 0. The van der Waals surface area contributed by atoms with Crippen LogP contribution in [-0.4, -0.2) is 49.2 Å². The maximum Gasteiger partial charge on any atom is 0.187 e. The van der Waals surface area contributed by atoms with Crippen LogP contribution in [0.25, 0.3) is 0 Å². The fraction of sp³-hybridized carbons (Fsp3) is 0.889. The van der Waals surface area contributed by atoms with Crippen molar-refractivity contribution in [1.82, 2.24) is 4.90 Å². The zero-order valence-corrected chi connectivity index (χ0v) is 17.2. The number of hydrogen-bond donors (Lipinski definition) is 1. The van der Waals surface area contributed by atoms with Gasteiger partial charge in [-0.25, -0.2) is 0 Å². The van der Waals surface area contributed by atoms with Gasteiger partial charge in [0.25, 0.3) is 0 Å². The highest BCUT2D eigenvalue weighted by Gasteiger charge is 2.36. The molecule has 22 heavy (non-hydrogen) atoms. The lowest BCUT2D eigenvalue weighted by molar-refractivity contribution is 0.0224. The third kappa shape index (κ3) is 6.15. The summed E-state index contributed by atoms with van der Waals surface area (Å²) >= 11 is 0. The monoisotopic (exact) mass is 327 g/mol. The molecule has 0 aliphatic carbocycles. The number of nitrogens with zero attached hydrogens (tertiary/aromatic N) is 1. The molecule has 0 bridgehead atoms. The van der Waals surface area contributed by atoms with Crippen molar-refractivity contribution in [2.75, 3.05) is 13.2 Å². The van der Waals surface area contributed by atoms with Crippen LogP contribution in [0.5, 0.6) is 0 Å². The molecule has 0 saturated carbocycles. The summed E-state index contributed by atoms with van der Waals surface area (Å²) < 4.78 is 6.42. The molecule has 0 unspecified atom stereocenters. The van der Waals surface area contributed by atoms with Gasteiger partial charge in [0.05, 0.1) is 18.8 Å². The Morgan fingerprint density at radius 3 is 2.23 bits per heavy atom. The predicted octanol–water partition coefficient (Wildman–Crippen LogP) is 4.04. The summed E-state index contributed by atoms with van der Waals surface area (Å²) in [7, 11) is -1.67. The molecule has 0 aromatic rings. The summed E-state index contributed by atoms with van der Waals surface area (Å²) in [6, 6.07) is 1.42. The van der Waals surface area contributed by atoms with E-state index < -0.39 is 8.32 Å². The van der Waals surface area contributed by atoms with Crippen molar-refractivity contribution in [3.63, 3.8) is 0 Å². The van der Waals surface area contributed by atoms with Gasteiger partial charge in [0, 0.05) is 12.1 Å². The highest BCUT2D eigenvalue weighted by molar-refractivity contribution is 6.71. The molecule has 1 aliphatic heterocycles. The Balaban J connectivity index is 2.80. The van der Waals surface area contributed by atoms with Crippen molar-refractivity contribution in [3.8, 4) is 0 Å². The first kappa shape index (κ1) is 19.9. The Hall–Kier alpha value is -0.163. The second kappa shape index (κ2) is 6.76. The zero-order chi connectivity index (χ0) is 17.3. The van der Waals surface area contributed by atoms with Gasteiger partial charge >= 0.3 is 0 Å². The van der Waals surface area contributed by atoms with E-state index in [2.05, 4.69) is 65.6 Å². The van der Waals surface area contributed by atoms with Gasteiger partial charge in [-0.1, -0.05) is 26.8 Å². The van der Waals surface area contributed by atoms with Crippen molar-refractivity contribution >= 4 is 8.32 Å². The molecular formula is C18H37NO2Si. The maximum absolute atomic E-state index is 10.2. The van der Waals surface area contributed by atoms with Gasteiger partial charge < -0.3 is 9.53 Å². The van der Waals surface area contributed by atoms with E-state index in [9.17, 15) is 5.11 Å². The van der Waals surface area contributed by atoms with E-state index in [4.69, 9.17) is 4.43 Å². The minimum absolute atomic E-state index is 0.0297. The highest BCUT2D eigenvalue weighted by atomic mass is 28.4. The molecule has 0 fully saturated rings. The SMILES string of the molecule is CC1=C[C@@H](CO[Si](C)(C)CC(C)(C)C)N(C(C)(C)C)C[C@H]1O. The largest absolute Gasteiger partial charge is 0.415 e. The van der Waals surface area contributed by atoms with Crippen molar-refractivity contribution in [3.05, 3.63) is 11.6 Å². The minimum Gasteiger partial charge on any atom is -0.415 e. The molecule has 1 rings (SSSR count). The topological polar surface area (TPSA) is 32.7 Å². The summed E-state index contributed by atoms with van der Waals surface area (Å²) in [4.78, 5) is 2.37. The molecule has 2 atom stereocenters. The molecule has 0 amide bonds. The van der Waals surface area contributed by atoms with Crippen LogP contribution in [0.2, 0.25) is 19.1 Å². The van der Waals surface area contributed by atoms with Gasteiger partial charge in [-0.15, -0.1) is 0 Å². The van der Waals surface area contributed by atoms with Gasteiger partial charge in [-0.3, -0.25) is 4.90 Å². The second-order valence-corrected chi connectivity index (χ2v) is 13.8. The molecule has 1 N–H and O–H groups in total. The first-order valence-electron chi connectivity index (χ1n) is 8.48. The first-order valence-corrected chi connectivity index (χ1v) is 11.6. The van der Waals surface area contributed by atoms with E-state index in [1.807, 2.05) is 6.92 Å². The minimum atomic E-state index is -1.67. The number of hydrogen-bond acceptors (Lipinski definition) is 3. The lowest BCUT2D eigenvalue weighted by Crippen LogP contribution is -2.55. The number of aliphatic hydroxyl groups is 1. The van der Waals surface area contributed by atoms with Gasteiger partial charge in [0.15, 0.2) is 8.32 Å². The van der Waals surface area contributed by atoms with E-state index >= 15 is 0 Å². The molecule has 0 aromatic heterocycles. The smallest absolute Gasteiger partial charge is 0.187 e. The van der Waals surface area contributed by atoms with Crippen LogP contribution < -0.4 is 0 Å². The molecule has 0 spiro atoms. The number of β-amino-alcohol motifs (C(OH)–C–C–N with tert-alkyl or cyclic N) is 1. The molecule has 0 saturated heterocycles. The van der Waals surface area contributed by atoms with Gasteiger partial charge in [0.1, 0.15) is 0 Å². The lowest BCUT2D eigenvalue weighted by Gasteiger charge is -2.45. The zero-order valence-electron chi connectivity index (χ0n) is 16.2. The first-order chi connectivity index (χ1) is 9.71. The van der Waals surface area contributed by atoms with Gasteiger partial charge in [-0.05, 0) is 57.8 Å². The standard InChI is InChI=1S/C18H37NO2Si/c1-14-10-15(19(11-16(14)20)18(5,6)7)12-21-22(8,9)13-17(2,3)4/h10,15-16,20H,11-13H2,1-9H3/t15-,16+/m0/s1. The number of aliphatic hydroxyl groups excluding tert-OH is 1. The van der Waals surface area contributed by atoms with Crippen molar-refractivity contribution in [1.29, 1.82) is 0 Å². The van der Waals surface area contributed by atoms with Crippen LogP contribution in [0.4, 0.5) is 0 Å². The van der Waals surface area contributed by atoms with E-state index in [1.54, 1.807) is 0 Å². The van der Waals surface area contributed by atoms with Crippen LogP contribution in [0.15, 0.2) is 11.6 Å². The second-order valence-electron chi connectivity index (χ2n) is 9.63. The molecule has 1 heterocycles.